The third-order valence-electron chi connectivity index (χ3n) is 5.16. The summed E-state index contributed by atoms with van der Waals surface area (Å²) in [5, 5.41) is 14.4. The van der Waals surface area contributed by atoms with Crippen LogP contribution in [0.4, 0.5) is 17.8 Å². The molecule has 1 aromatic carbocycles. The van der Waals surface area contributed by atoms with E-state index in [1.807, 2.05) is 19.1 Å². The van der Waals surface area contributed by atoms with Crippen molar-refractivity contribution in [1.82, 2.24) is 15.0 Å². The van der Waals surface area contributed by atoms with Gasteiger partial charge in [0.25, 0.3) is 0 Å². The second-order valence-electron chi connectivity index (χ2n) is 7.23. The molecule has 0 aliphatic carbocycles. The van der Waals surface area contributed by atoms with Gasteiger partial charge in [-0.2, -0.15) is 20.1 Å². The highest BCUT2D eigenvalue weighted by Gasteiger charge is 2.20. The summed E-state index contributed by atoms with van der Waals surface area (Å²) < 4.78 is 5.45. The van der Waals surface area contributed by atoms with E-state index >= 15 is 0 Å². The summed E-state index contributed by atoms with van der Waals surface area (Å²) in [7, 11) is 0. The molecule has 0 unspecified atom stereocenters. The molecule has 29 heavy (non-hydrogen) atoms. The van der Waals surface area contributed by atoms with Crippen molar-refractivity contribution >= 4 is 23.6 Å². The lowest BCUT2D eigenvalue weighted by Gasteiger charge is -2.30. The number of para-hydroxylation sites is 1. The molecule has 4 rings (SSSR count). The Kier molecular flexibility index (Phi) is 6.04. The van der Waals surface area contributed by atoms with Gasteiger partial charge in [-0.1, -0.05) is 12.1 Å². The van der Waals surface area contributed by atoms with E-state index < -0.39 is 0 Å². The first-order valence-electron chi connectivity index (χ1n) is 10.1. The van der Waals surface area contributed by atoms with Crippen molar-refractivity contribution in [3.8, 4) is 5.75 Å². The lowest BCUT2D eigenvalue weighted by molar-refractivity contribution is 0.122. The number of nitrogens with one attached hydrogen (secondary N) is 1. The second-order valence-corrected chi connectivity index (χ2v) is 7.23. The van der Waals surface area contributed by atoms with Crippen LogP contribution in [0.5, 0.6) is 5.75 Å². The van der Waals surface area contributed by atoms with E-state index in [9.17, 15) is 5.11 Å². The molecule has 1 aromatic heterocycles. The number of aromatic nitrogens is 3. The molecule has 0 radical (unpaired) electrons. The van der Waals surface area contributed by atoms with Gasteiger partial charge >= 0.3 is 0 Å². The molecular weight excluding hydrogens is 370 g/mol. The highest BCUT2D eigenvalue weighted by Crippen LogP contribution is 2.21. The summed E-state index contributed by atoms with van der Waals surface area (Å²) in [6.45, 7) is 6.57. The number of aromatic hydroxyl groups is 1. The van der Waals surface area contributed by atoms with Crippen molar-refractivity contribution in [3.63, 3.8) is 0 Å². The van der Waals surface area contributed by atoms with Crippen molar-refractivity contribution in [2.24, 2.45) is 5.10 Å². The van der Waals surface area contributed by atoms with Gasteiger partial charge < -0.3 is 19.6 Å². The average molecular weight is 397 g/mol. The fraction of sp³-hybridized carbons (Fsp3) is 0.500. The number of rotatable bonds is 5. The quantitative estimate of drug-likeness (QED) is 0.585. The van der Waals surface area contributed by atoms with Gasteiger partial charge in [0.1, 0.15) is 5.75 Å². The molecule has 0 spiro atoms. The molecule has 0 saturated carbocycles. The number of hydrazone groups is 1. The normalized spacial score (nSPS) is 18.0. The van der Waals surface area contributed by atoms with Crippen LogP contribution in [0.3, 0.4) is 0 Å². The zero-order chi connectivity index (χ0) is 20.1. The number of nitrogens with zero attached hydrogens (tertiary/aromatic N) is 6. The van der Waals surface area contributed by atoms with E-state index in [0.29, 0.717) is 42.3 Å². The molecule has 2 aliphatic rings. The summed E-state index contributed by atoms with van der Waals surface area (Å²) >= 11 is 0. The zero-order valence-electron chi connectivity index (χ0n) is 16.7. The van der Waals surface area contributed by atoms with Crippen LogP contribution in [0, 0.1) is 0 Å². The SMILES string of the molecule is C/C(=N\Nc1nc(N2CCCCC2)nc(N2CCOCC2)n1)c1ccccc1O. The molecule has 2 fully saturated rings. The topological polar surface area (TPSA) is 99.0 Å². The van der Waals surface area contributed by atoms with Gasteiger partial charge in [-0.15, -0.1) is 0 Å². The number of hydrogen-bond acceptors (Lipinski definition) is 9. The van der Waals surface area contributed by atoms with Crippen LogP contribution in [0.1, 0.15) is 31.7 Å². The molecule has 2 N–H and O–H groups in total. The molecule has 0 bridgehead atoms. The highest BCUT2D eigenvalue weighted by atomic mass is 16.5. The van der Waals surface area contributed by atoms with E-state index in [1.165, 1.54) is 6.42 Å². The molecule has 2 saturated heterocycles. The van der Waals surface area contributed by atoms with Gasteiger partial charge in [0.2, 0.25) is 17.8 Å². The monoisotopic (exact) mass is 397 g/mol. The maximum Gasteiger partial charge on any atom is 0.250 e. The van der Waals surface area contributed by atoms with Crippen LogP contribution in [0.15, 0.2) is 29.4 Å². The molecule has 2 aromatic rings. The zero-order valence-corrected chi connectivity index (χ0v) is 16.7. The van der Waals surface area contributed by atoms with Gasteiger partial charge in [-0.3, -0.25) is 0 Å². The third-order valence-corrected chi connectivity index (χ3v) is 5.16. The van der Waals surface area contributed by atoms with Gasteiger partial charge in [-0.05, 0) is 38.3 Å². The van der Waals surface area contributed by atoms with Gasteiger partial charge in [-0.25, -0.2) is 5.43 Å². The Morgan fingerprint density at radius 3 is 2.31 bits per heavy atom. The van der Waals surface area contributed by atoms with E-state index in [0.717, 1.165) is 39.0 Å². The summed E-state index contributed by atoms with van der Waals surface area (Å²) in [5.41, 5.74) is 4.27. The van der Waals surface area contributed by atoms with E-state index in [4.69, 9.17) is 9.72 Å². The van der Waals surface area contributed by atoms with Gasteiger partial charge in [0.05, 0.1) is 18.9 Å². The van der Waals surface area contributed by atoms with E-state index in [2.05, 4.69) is 30.3 Å². The standard InChI is InChI=1S/C20H27N7O2/c1-15(16-7-3-4-8-17(16)28)24-25-18-21-19(26-9-5-2-6-10-26)23-20(22-18)27-11-13-29-14-12-27/h3-4,7-8,28H,2,5-6,9-14H2,1H3,(H,21,22,23,25)/b24-15+. The van der Waals surface area contributed by atoms with Crippen LogP contribution in [0.25, 0.3) is 0 Å². The van der Waals surface area contributed by atoms with Crippen LogP contribution >= 0.6 is 0 Å². The number of anilines is 3. The second kappa shape index (κ2) is 9.04. The molecule has 9 heteroatoms. The molecule has 154 valence electrons. The van der Waals surface area contributed by atoms with E-state index in [1.54, 1.807) is 12.1 Å². The highest BCUT2D eigenvalue weighted by molar-refractivity contribution is 6.01. The Bertz CT molecular complexity index is 825. The Morgan fingerprint density at radius 2 is 1.62 bits per heavy atom. The first kappa shape index (κ1) is 19.4. The number of hydrogen-bond donors (Lipinski definition) is 2. The maximum absolute atomic E-state index is 10.0. The van der Waals surface area contributed by atoms with Crippen molar-refractivity contribution < 1.29 is 9.84 Å². The Hall–Kier alpha value is -2.94. The first-order valence-corrected chi connectivity index (χ1v) is 10.1. The maximum atomic E-state index is 10.0. The Labute approximate surface area is 170 Å². The largest absolute Gasteiger partial charge is 0.507 e. The fourth-order valence-electron chi connectivity index (χ4n) is 3.52. The lowest BCUT2D eigenvalue weighted by atomic mass is 10.1. The van der Waals surface area contributed by atoms with Crippen LogP contribution in [0.2, 0.25) is 0 Å². The van der Waals surface area contributed by atoms with Crippen LogP contribution < -0.4 is 15.2 Å². The number of phenols is 1. The number of ether oxygens (including phenoxy) is 1. The number of phenolic OH excluding ortho intramolecular Hbond substituents is 1. The van der Waals surface area contributed by atoms with Crippen molar-refractivity contribution in [2.75, 3.05) is 54.6 Å². The minimum absolute atomic E-state index is 0.189. The van der Waals surface area contributed by atoms with Gasteiger partial charge in [0, 0.05) is 31.7 Å². The summed E-state index contributed by atoms with van der Waals surface area (Å²) in [4.78, 5) is 18.2. The minimum atomic E-state index is 0.189. The van der Waals surface area contributed by atoms with Gasteiger partial charge in [0.15, 0.2) is 0 Å². The predicted octanol–water partition coefficient (Wildman–Crippen LogP) is 2.24. The van der Waals surface area contributed by atoms with E-state index in [-0.39, 0.29) is 5.75 Å². The number of piperidine rings is 1. The molecule has 2 aliphatic heterocycles. The van der Waals surface area contributed by atoms with Crippen molar-refractivity contribution in [1.29, 1.82) is 0 Å². The summed E-state index contributed by atoms with van der Waals surface area (Å²) in [6.07, 6.45) is 3.53. The van der Waals surface area contributed by atoms with Crippen molar-refractivity contribution in [3.05, 3.63) is 29.8 Å². The van der Waals surface area contributed by atoms with Crippen molar-refractivity contribution in [2.45, 2.75) is 26.2 Å². The molecular formula is C20H27N7O2. The molecule has 9 nitrogen and oxygen atoms in total. The Balaban J connectivity index is 1.60. The fourth-order valence-corrected chi connectivity index (χ4v) is 3.52. The molecule has 3 heterocycles. The minimum Gasteiger partial charge on any atom is -0.507 e. The number of morpholine rings is 1. The Morgan fingerprint density at radius 1 is 0.966 bits per heavy atom. The average Bonchev–Trinajstić information content (AvgIpc) is 2.79. The summed E-state index contributed by atoms with van der Waals surface area (Å²) in [5.74, 6) is 1.91. The van der Waals surface area contributed by atoms with Crippen LogP contribution in [-0.4, -0.2) is 65.2 Å². The molecule has 0 amide bonds. The summed E-state index contributed by atoms with van der Waals surface area (Å²) in [6, 6.07) is 7.11. The predicted molar refractivity (Wildman–Crippen MR) is 113 cm³/mol. The van der Waals surface area contributed by atoms with Crippen LogP contribution in [-0.2, 0) is 4.74 Å². The lowest BCUT2D eigenvalue weighted by Crippen LogP contribution is -2.38. The third kappa shape index (κ3) is 4.73. The number of benzene rings is 1. The smallest absolute Gasteiger partial charge is 0.250 e. The molecule has 0 atom stereocenters. The first-order chi connectivity index (χ1) is 14.2.